The molecule has 2 aliphatic rings. The second-order valence-electron chi connectivity index (χ2n) is 7.17. The summed E-state index contributed by atoms with van der Waals surface area (Å²) >= 11 is 0. The number of hydrogen-bond acceptors (Lipinski definition) is 3. The first-order valence-corrected chi connectivity index (χ1v) is 9.23. The summed E-state index contributed by atoms with van der Waals surface area (Å²) < 4.78 is 31.3. The number of aryl methyl sites for hydroxylation is 1. The van der Waals surface area contributed by atoms with Crippen LogP contribution in [0, 0.1) is 6.92 Å². The zero-order chi connectivity index (χ0) is 19.0. The van der Waals surface area contributed by atoms with Gasteiger partial charge in [-0.3, -0.25) is 0 Å². The summed E-state index contributed by atoms with van der Waals surface area (Å²) in [4.78, 5) is 2.17. The number of aliphatic hydroxyl groups is 1. The summed E-state index contributed by atoms with van der Waals surface area (Å²) in [6, 6.07) is 14.6. The zero-order valence-corrected chi connectivity index (χ0v) is 15.2. The van der Waals surface area contributed by atoms with Gasteiger partial charge in [0.1, 0.15) is 11.4 Å². The fourth-order valence-corrected chi connectivity index (χ4v) is 4.01. The molecular formula is C21H23F2N2O2+. The van der Waals surface area contributed by atoms with Crippen molar-refractivity contribution in [2.45, 2.75) is 38.5 Å². The molecule has 0 aliphatic carbocycles. The van der Waals surface area contributed by atoms with Gasteiger partial charge >= 0.3 is 6.61 Å². The summed E-state index contributed by atoms with van der Waals surface area (Å²) in [5.74, 6) is 1.20. The lowest BCUT2D eigenvalue weighted by molar-refractivity contribution is -0.661. The summed E-state index contributed by atoms with van der Waals surface area (Å²) in [5, 5.41) is 11.6. The Bertz CT molecular complexity index is 849. The molecule has 0 amide bonds. The smallest absolute Gasteiger partial charge is 0.387 e. The standard InChI is InChI=1S/C21H23F2N2O2/c1-15-5-9-17(10-6-15)24-14-21(26,25-13-3-2-4-19(24)25)16-7-11-18(12-8-16)27-20(22)23/h5-12,20,26H,2-4,13-14H2,1H3/q+1. The summed E-state index contributed by atoms with van der Waals surface area (Å²) in [6.07, 6.45) is 3.01. The Hall–Kier alpha value is -2.47. The molecule has 0 bridgehead atoms. The van der Waals surface area contributed by atoms with E-state index < -0.39 is 12.3 Å². The van der Waals surface area contributed by atoms with E-state index in [4.69, 9.17) is 0 Å². The van der Waals surface area contributed by atoms with Crippen molar-refractivity contribution in [2.75, 3.05) is 18.0 Å². The molecule has 2 aromatic rings. The zero-order valence-electron chi connectivity index (χ0n) is 15.2. The van der Waals surface area contributed by atoms with E-state index in [9.17, 15) is 13.9 Å². The van der Waals surface area contributed by atoms with Crippen molar-refractivity contribution in [3.63, 3.8) is 0 Å². The van der Waals surface area contributed by atoms with Crippen LogP contribution in [0.15, 0.2) is 48.5 Å². The van der Waals surface area contributed by atoms with Crippen molar-refractivity contribution in [3.05, 3.63) is 59.7 Å². The van der Waals surface area contributed by atoms with Crippen LogP contribution in [-0.4, -0.2) is 35.2 Å². The van der Waals surface area contributed by atoms with E-state index in [-0.39, 0.29) is 5.75 Å². The third kappa shape index (κ3) is 3.30. The van der Waals surface area contributed by atoms with E-state index >= 15 is 0 Å². The van der Waals surface area contributed by atoms with Gasteiger partial charge in [-0.25, -0.2) is 9.48 Å². The van der Waals surface area contributed by atoms with E-state index in [1.165, 1.54) is 17.7 Å². The maximum atomic E-state index is 12.4. The number of β-amino-alcohol motifs (C(OH)–C–C–N with tert-alkyl or cyclic N) is 1. The number of ether oxygens (including phenoxy) is 1. The first-order valence-electron chi connectivity index (χ1n) is 9.23. The van der Waals surface area contributed by atoms with Gasteiger partial charge in [-0.15, -0.1) is 0 Å². The first kappa shape index (κ1) is 17.9. The molecule has 0 fully saturated rings. The van der Waals surface area contributed by atoms with Gasteiger partial charge in [-0.1, -0.05) is 17.7 Å². The normalized spacial score (nSPS) is 22.3. The molecule has 0 saturated heterocycles. The van der Waals surface area contributed by atoms with Crippen LogP contribution in [0.4, 0.5) is 14.5 Å². The maximum Gasteiger partial charge on any atom is 0.387 e. The Balaban J connectivity index is 1.69. The van der Waals surface area contributed by atoms with Crippen LogP contribution in [0.25, 0.3) is 0 Å². The van der Waals surface area contributed by atoms with Gasteiger partial charge in [0.2, 0.25) is 0 Å². The minimum atomic E-state index is -2.86. The van der Waals surface area contributed by atoms with E-state index in [0.29, 0.717) is 12.1 Å². The van der Waals surface area contributed by atoms with E-state index in [1.807, 2.05) is 6.92 Å². The molecule has 0 saturated carbocycles. The highest BCUT2D eigenvalue weighted by atomic mass is 19.3. The summed E-state index contributed by atoms with van der Waals surface area (Å²) in [7, 11) is 0. The number of anilines is 1. The monoisotopic (exact) mass is 373 g/mol. The Morgan fingerprint density at radius 1 is 1.07 bits per heavy atom. The van der Waals surface area contributed by atoms with Crippen molar-refractivity contribution in [1.82, 2.24) is 0 Å². The molecule has 6 heteroatoms. The number of rotatable bonds is 4. The predicted molar refractivity (Wildman–Crippen MR) is 99.5 cm³/mol. The van der Waals surface area contributed by atoms with Gasteiger partial charge in [-0.2, -0.15) is 8.78 Å². The lowest BCUT2D eigenvalue weighted by Crippen LogP contribution is -2.41. The van der Waals surface area contributed by atoms with Crippen molar-refractivity contribution in [3.8, 4) is 5.75 Å². The van der Waals surface area contributed by atoms with Crippen LogP contribution in [0.2, 0.25) is 0 Å². The number of halogens is 2. The highest BCUT2D eigenvalue weighted by Gasteiger charge is 2.52. The van der Waals surface area contributed by atoms with Crippen LogP contribution >= 0.6 is 0 Å². The molecule has 1 N–H and O–H groups in total. The molecule has 2 aliphatic heterocycles. The molecule has 1 atom stereocenters. The second-order valence-corrected chi connectivity index (χ2v) is 7.17. The number of alkyl halides is 2. The molecule has 4 nitrogen and oxygen atoms in total. The molecule has 1 unspecified atom stereocenters. The Kier molecular flexibility index (Phi) is 4.60. The van der Waals surface area contributed by atoms with Crippen molar-refractivity contribution in [1.29, 1.82) is 0 Å². The molecule has 0 radical (unpaired) electrons. The van der Waals surface area contributed by atoms with Crippen molar-refractivity contribution < 1.29 is 23.2 Å². The molecule has 4 rings (SSSR count). The number of amidine groups is 1. The van der Waals surface area contributed by atoms with Gasteiger partial charge in [0.05, 0.1) is 6.54 Å². The molecule has 2 aromatic carbocycles. The fourth-order valence-electron chi connectivity index (χ4n) is 4.01. The van der Waals surface area contributed by atoms with Crippen LogP contribution < -0.4 is 9.64 Å². The molecule has 2 heterocycles. The Labute approximate surface area is 157 Å². The summed E-state index contributed by atoms with van der Waals surface area (Å²) in [5.41, 5.74) is 1.73. The predicted octanol–water partition coefficient (Wildman–Crippen LogP) is 3.86. The fraction of sp³-hybridized carbons (Fsp3) is 0.381. The topological polar surface area (TPSA) is 35.7 Å². The molecule has 0 spiro atoms. The average Bonchev–Trinajstić information content (AvgIpc) is 2.97. The van der Waals surface area contributed by atoms with E-state index in [2.05, 4.69) is 38.5 Å². The SMILES string of the molecule is Cc1ccc(N2CC(O)(c3ccc(OC(F)F)cc3)[N+]3=C2CCCC3)cc1. The molecule has 142 valence electrons. The molecule has 27 heavy (non-hydrogen) atoms. The number of hydrogen-bond donors (Lipinski definition) is 1. The second kappa shape index (κ2) is 6.93. The van der Waals surface area contributed by atoms with Crippen LogP contribution in [0.3, 0.4) is 0 Å². The Morgan fingerprint density at radius 2 is 1.78 bits per heavy atom. The quantitative estimate of drug-likeness (QED) is 0.827. The van der Waals surface area contributed by atoms with Gasteiger partial charge in [-0.05, 0) is 56.2 Å². The van der Waals surface area contributed by atoms with E-state index in [0.717, 1.165) is 37.3 Å². The minimum Gasteiger partial charge on any atom is -0.435 e. The third-order valence-electron chi connectivity index (χ3n) is 5.37. The minimum absolute atomic E-state index is 0.0913. The number of benzene rings is 2. The molecular weight excluding hydrogens is 350 g/mol. The van der Waals surface area contributed by atoms with Gasteiger partial charge in [0.25, 0.3) is 11.6 Å². The van der Waals surface area contributed by atoms with E-state index in [1.54, 1.807) is 12.1 Å². The Morgan fingerprint density at radius 3 is 2.44 bits per heavy atom. The highest BCUT2D eigenvalue weighted by molar-refractivity contribution is 5.96. The van der Waals surface area contributed by atoms with Gasteiger partial charge < -0.3 is 9.84 Å². The van der Waals surface area contributed by atoms with Crippen LogP contribution in [0.1, 0.15) is 30.4 Å². The van der Waals surface area contributed by atoms with Crippen LogP contribution in [0.5, 0.6) is 5.75 Å². The summed E-state index contributed by atoms with van der Waals surface area (Å²) in [6.45, 7) is 0.362. The van der Waals surface area contributed by atoms with Crippen molar-refractivity contribution in [2.24, 2.45) is 0 Å². The lowest BCUT2D eigenvalue weighted by atomic mass is 10.0. The maximum absolute atomic E-state index is 12.4. The van der Waals surface area contributed by atoms with Gasteiger partial charge in [0.15, 0.2) is 6.54 Å². The van der Waals surface area contributed by atoms with Crippen molar-refractivity contribution >= 4 is 11.5 Å². The molecule has 0 aromatic heterocycles. The average molecular weight is 373 g/mol. The lowest BCUT2D eigenvalue weighted by Gasteiger charge is -2.24. The number of nitrogens with zero attached hydrogens (tertiary/aromatic N) is 2. The first-order chi connectivity index (χ1) is 13.0. The largest absolute Gasteiger partial charge is 0.435 e. The third-order valence-corrected chi connectivity index (χ3v) is 5.37. The highest BCUT2D eigenvalue weighted by Crippen LogP contribution is 2.36. The van der Waals surface area contributed by atoms with Gasteiger partial charge in [0, 0.05) is 12.0 Å². The van der Waals surface area contributed by atoms with Crippen LogP contribution in [-0.2, 0) is 5.72 Å².